The molecule has 142 valence electrons. The molecule has 1 unspecified atom stereocenters. The van der Waals surface area contributed by atoms with Crippen molar-refractivity contribution in [3.05, 3.63) is 63.6 Å². The Labute approximate surface area is 168 Å². The predicted molar refractivity (Wildman–Crippen MR) is 106 cm³/mol. The van der Waals surface area contributed by atoms with E-state index in [2.05, 4.69) is 5.32 Å². The Morgan fingerprint density at radius 1 is 1.15 bits per heavy atom. The van der Waals surface area contributed by atoms with Crippen molar-refractivity contribution in [1.29, 1.82) is 0 Å². The SMILES string of the molecule is COc1ccc(C(=O)NC2CCCN(C(=O)c3ccc(Cl)cc3Cl)C2)cc1. The van der Waals surface area contributed by atoms with E-state index in [0.717, 1.165) is 12.8 Å². The van der Waals surface area contributed by atoms with Crippen LogP contribution in [-0.2, 0) is 0 Å². The van der Waals surface area contributed by atoms with Crippen molar-refractivity contribution in [1.82, 2.24) is 10.2 Å². The molecule has 0 bridgehead atoms. The fourth-order valence-corrected chi connectivity index (χ4v) is 3.61. The van der Waals surface area contributed by atoms with Gasteiger partial charge in [0.2, 0.25) is 0 Å². The van der Waals surface area contributed by atoms with Gasteiger partial charge in [0, 0.05) is 29.7 Å². The molecule has 0 saturated carbocycles. The van der Waals surface area contributed by atoms with Gasteiger partial charge in [0.05, 0.1) is 17.7 Å². The number of hydrogen-bond acceptors (Lipinski definition) is 3. The molecule has 27 heavy (non-hydrogen) atoms. The molecule has 2 aromatic rings. The summed E-state index contributed by atoms with van der Waals surface area (Å²) in [7, 11) is 1.58. The van der Waals surface area contributed by atoms with Gasteiger partial charge in [-0.2, -0.15) is 0 Å². The van der Waals surface area contributed by atoms with Gasteiger partial charge in [-0.25, -0.2) is 0 Å². The minimum Gasteiger partial charge on any atom is -0.497 e. The second-order valence-electron chi connectivity index (χ2n) is 6.42. The van der Waals surface area contributed by atoms with E-state index in [1.54, 1.807) is 54.5 Å². The van der Waals surface area contributed by atoms with Gasteiger partial charge in [-0.15, -0.1) is 0 Å². The van der Waals surface area contributed by atoms with Crippen LogP contribution in [0.5, 0.6) is 5.75 Å². The van der Waals surface area contributed by atoms with E-state index in [0.29, 0.717) is 40.0 Å². The molecule has 1 N–H and O–H groups in total. The molecule has 1 atom stereocenters. The van der Waals surface area contributed by atoms with E-state index in [-0.39, 0.29) is 17.9 Å². The van der Waals surface area contributed by atoms with Crippen molar-refractivity contribution in [3.8, 4) is 5.75 Å². The summed E-state index contributed by atoms with van der Waals surface area (Å²) in [5, 5.41) is 3.82. The normalized spacial score (nSPS) is 16.7. The second-order valence-corrected chi connectivity index (χ2v) is 7.26. The molecule has 2 aromatic carbocycles. The van der Waals surface area contributed by atoms with Crippen LogP contribution in [0, 0.1) is 0 Å². The fraction of sp³-hybridized carbons (Fsp3) is 0.300. The summed E-state index contributed by atoms with van der Waals surface area (Å²) >= 11 is 12.1. The lowest BCUT2D eigenvalue weighted by Crippen LogP contribution is -2.49. The van der Waals surface area contributed by atoms with E-state index in [1.165, 1.54) is 0 Å². The zero-order valence-electron chi connectivity index (χ0n) is 14.9. The van der Waals surface area contributed by atoms with Gasteiger partial charge < -0.3 is 15.0 Å². The van der Waals surface area contributed by atoms with Gasteiger partial charge in [-0.3, -0.25) is 9.59 Å². The number of nitrogens with zero attached hydrogens (tertiary/aromatic N) is 1. The maximum atomic E-state index is 12.8. The number of piperidine rings is 1. The Morgan fingerprint density at radius 3 is 2.56 bits per heavy atom. The third-order valence-electron chi connectivity index (χ3n) is 4.56. The molecule has 1 saturated heterocycles. The van der Waals surface area contributed by atoms with Crippen LogP contribution in [0.15, 0.2) is 42.5 Å². The molecule has 1 aliphatic rings. The average Bonchev–Trinajstić information content (AvgIpc) is 2.68. The summed E-state index contributed by atoms with van der Waals surface area (Å²) in [4.78, 5) is 27.0. The highest BCUT2D eigenvalue weighted by molar-refractivity contribution is 6.36. The second kappa shape index (κ2) is 8.63. The summed E-state index contributed by atoms with van der Waals surface area (Å²) in [5.74, 6) is 0.377. The molecule has 1 fully saturated rings. The van der Waals surface area contributed by atoms with Gasteiger partial charge in [0.15, 0.2) is 0 Å². The third kappa shape index (κ3) is 4.73. The number of ether oxygens (including phenoxy) is 1. The maximum Gasteiger partial charge on any atom is 0.255 e. The summed E-state index contributed by atoms with van der Waals surface area (Å²) in [6.45, 7) is 1.08. The lowest BCUT2D eigenvalue weighted by atomic mass is 10.0. The number of benzene rings is 2. The first-order valence-electron chi connectivity index (χ1n) is 8.67. The number of carbonyl (C=O) groups excluding carboxylic acids is 2. The Hall–Kier alpha value is -2.24. The summed E-state index contributed by atoms with van der Waals surface area (Å²) in [5.41, 5.74) is 0.975. The molecule has 0 radical (unpaired) electrons. The quantitative estimate of drug-likeness (QED) is 0.833. The Kier molecular flexibility index (Phi) is 6.24. The first-order valence-corrected chi connectivity index (χ1v) is 9.43. The number of rotatable bonds is 4. The number of likely N-dealkylation sites (tertiary alicyclic amines) is 1. The van der Waals surface area contributed by atoms with Crippen LogP contribution in [-0.4, -0.2) is 43.0 Å². The van der Waals surface area contributed by atoms with Crippen molar-refractivity contribution in [2.45, 2.75) is 18.9 Å². The van der Waals surface area contributed by atoms with Gasteiger partial charge in [-0.1, -0.05) is 23.2 Å². The van der Waals surface area contributed by atoms with Crippen LogP contribution >= 0.6 is 23.2 Å². The number of amides is 2. The van der Waals surface area contributed by atoms with Crippen LogP contribution in [0.4, 0.5) is 0 Å². The minimum atomic E-state index is -0.165. The van der Waals surface area contributed by atoms with Crippen molar-refractivity contribution in [2.24, 2.45) is 0 Å². The van der Waals surface area contributed by atoms with Gasteiger partial charge in [-0.05, 0) is 55.3 Å². The highest BCUT2D eigenvalue weighted by Gasteiger charge is 2.26. The molecule has 0 aliphatic carbocycles. The van der Waals surface area contributed by atoms with Crippen LogP contribution in [0.1, 0.15) is 33.6 Å². The zero-order chi connectivity index (χ0) is 19.4. The van der Waals surface area contributed by atoms with Crippen molar-refractivity contribution < 1.29 is 14.3 Å². The van der Waals surface area contributed by atoms with E-state index < -0.39 is 0 Å². The molecule has 7 heteroatoms. The lowest BCUT2D eigenvalue weighted by Gasteiger charge is -2.33. The molecular formula is C20H20Cl2N2O3. The third-order valence-corrected chi connectivity index (χ3v) is 5.11. The highest BCUT2D eigenvalue weighted by atomic mass is 35.5. The molecule has 5 nitrogen and oxygen atoms in total. The summed E-state index contributed by atoms with van der Waals surface area (Å²) in [6, 6.07) is 11.6. The van der Waals surface area contributed by atoms with Crippen LogP contribution < -0.4 is 10.1 Å². The van der Waals surface area contributed by atoms with Gasteiger partial charge >= 0.3 is 0 Å². The molecule has 3 rings (SSSR count). The van der Waals surface area contributed by atoms with E-state index >= 15 is 0 Å². The Balaban J connectivity index is 1.64. The Bertz CT molecular complexity index is 840. The number of hydrogen-bond donors (Lipinski definition) is 1. The largest absolute Gasteiger partial charge is 0.497 e. The van der Waals surface area contributed by atoms with Crippen LogP contribution in [0.3, 0.4) is 0 Å². The first kappa shape index (κ1) is 19.5. The Morgan fingerprint density at radius 2 is 1.89 bits per heavy atom. The predicted octanol–water partition coefficient (Wildman–Crippen LogP) is 4.04. The first-order chi connectivity index (χ1) is 13.0. The van der Waals surface area contributed by atoms with Crippen molar-refractivity contribution in [2.75, 3.05) is 20.2 Å². The fourth-order valence-electron chi connectivity index (χ4n) is 3.12. The maximum absolute atomic E-state index is 12.8. The van der Waals surface area contributed by atoms with Crippen molar-refractivity contribution in [3.63, 3.8) is 0 Å². The molecule has 1 aliphatic heterocycles. The van der Waals surface area contributed by atoms with E-state index in [4.69, 9.17) is 27.9 Å². The van der Waals surface area contributed by atoms with Gasteiger partial charge in [0.1, 0.15) is 5.75 Å². The van der Waals surface area contributed by atoms with E-state index in [1.807, 2.05) is 0 Å². The monoisotopic (exact) mass is 406 g/mol. The molecule has 2 amide bonds. The van der Waals surface area contributed by atoms with Crippen molar-refractivity contribution >= 4 is 35.0 Å². The highest BCUT2D eigenvalue weighted by Crippen LogP contribution is 2.24. The van der Waals surface area contributed by atoms with Crippen LogP contribution in [0.2, 0.25) is 10.0 Å². The van der Waals surface area contributed by atoms with Gasteiger partial charge in [0.25, 0.3) is 11.8 Å². The zero-order valence-corrected chi connectivity index (χ0v) is 16.4. The summed E-state index contributed by atoms with van der Waals surface area (Å²) in [6.07, 6.45) is 1.63. The number of methoxy groups -OCH3 is 1. The standard InChI is InChI=1S/C20H20Cl2N2O3/c1-27-16-7-4-13(5-8-16)19(25)23-15-3-2-10-24(12-15)20(26)17-9-6-14(21)11-18(17)22/h4-9,11,15H,2-3,10,12H2,1H3,(H,23,25). The average molecular weight is 407 g/mol. The molecule has 0 aromatic heterocycles. The number of carbonyl (C=O) groups is 2. The van der Waals surface area contributed by atoms with E-state index in [9.17, 15) is 9.59 Å². The molecular weight excluding hydrogens is 387 g/mol. The summed E-state index contributed by atoms with van der Waals surface area (Å²) < 4.78 is 5.10. The van der Waals surface area contributed by atoms with Crippen LogP contribution in [0.25, 0.3) is 0 Å². The lowest BCUT2D eigenvalue weighted by molar-refractivity contribution is 0.0676. The molecule has 1 heterocycles. The molecule has 0 spiro atoms. The smallest absolute Gasteiger partial charge is 0.255 e. The number of nitrogens with one attached hydrogen (secondary N) is 1. The number of halogens is 2. The topological polar surface area (TPSA) is 58.6 Å². The minimum absolute atomic E-state index is 0.108.